The van der Waals surface area contributed by atoms with E-state index in [4.69, 9.17) is 27.6 Å². The largest absolute Gasteiger partial charge is 0.459 e. The van der Waals surface area contributed by atoms with Crippen LogP contribution in [-0.2, 0) is 0 Å². The van der Waals surface area contributed by atoms with Gasteiger partial charge in [-0.2, -0.15) is 0 Å². The number of halogens is 3. The molecule has 3 aromatic rings. The number of benzene rings is 2. The van der Waals surface area contributed by atoms with E-state index in [1.165, 1.54) is 0 Å². The van der Waals surface area contributed by atoms with Crippen molar-refractivity contribution in [3.05, 3.63) is 67.4 Å². The SMILES string of the molecule is CNC(c1ccc(I)c(Cl)c1)c1cc2cc(Cl)ccc2o1. The fraction of sp³-hybridized carbons (Fsp3) is 0.125. The molecule has 0 saturated heterocycles. The van der Waals surface area contributed by atoms with Crippen LogP contribution in [0.2, 0.25) is 10.0 Å². The third-order valence-electron chi connectivity index (χ3n) is 3.35. The zero-order valence-corrected chi connectivity index (χ0v) is 14.8. The summed E-state index contributed by atoms with van der Waals surface area (Å²) in [6.07, 6.45) is 0. The second kappa shape index (κ2) is 6.16. The van der Waals surface area contributed by atoms with E-state index >= 15 is 0 Å². The van der Waals surface area contributed by atoms with Crippen molar-refractivity contribution >= 4 is 56.8 Å². The number of fused-ring (bicyclic) bond motifs is 1. The second-order valence-corrected chi connectivity index (χ2v) is 6.73. The first-order chi connectivity index (χ1) is 10.1. The quantitative estimate of drug-likeness (QED) is 0.542. The van der Waals surface area contributed by atoms with Crippen LogP contribution in [0.25, 0.3) is 11.0 Å². The van der Waals surface area contributed by atoms with E-state index in [2.05, 4.69) is 34.0 Å². The van der Waals surface area contributed by atoms with E-state index in [9.17, 15) is 0 Å². The van der Waals surface area contributed by atoms with Crippen LogP contribution >= 0.6 is 45.8 Å². The fourth-order valence-corrected chi connectivity index (χ4v) is 3.05. The molecule has 1 atom stereocenters. The Balaban J connectivity index is 2.06. The molecule has 0 aliphatic rings. The van der Waals surface area contributed by atoms with Crippen LogP contribution < -0.4 is 5.32 Å². The third-order valence-corrected chi connectivity index (χ3v) is 5.15. The van der Waals surface area contributed by atoms with Crippen molar-refractivity contribution in [2.75, 3.05) is 7.05 Å². The molecule has 0 aliphatic carbocycles. The topological polar surface area (TPSA) is 25.2 Å². The van der Waals surface area contributed by atoms with Gasteiger partial charge in [0.1, 0.15) is 11.3 Å². The molecule has 21 heavy (non-hydrogen) atoms. The van der Waals surface area contributed by atoms with E-state index in [1.54, 1.807) is 0 Å². The molecule has 2 aromatic carbocycles. The Kier molecular flexibility index (Phi) is 4.45. The lowest BCUT2D eigenvalue weighted by molar-refractivity contribution is 0.491. The van der Waals surface area contributed by atoms with E-state index in [0.29, 0.717) is 5.02 Å². The molecule has 0 fully saturated rings. The molecule has 1 heterocycles. The highest BCUT2D eigenvalue weighted by atomic mass is 127. The predicted octanol–water partition coefficient (Wildman–Crippen LogP) is 5.65. The van der Waals surface area contributed by atoms with Crippen molar-refractivity contribution in [2.45, 2.75) is 6.04 Å². The zero-order chi connectivity index (χ0) is 15.0. The number of hydrogen-bond acceptors (Lipinski definition) is 2. The molecule has 0 bridgehead atoms. The maximum absolute atomic E-state index is 6.22. The molecule has 108 valence electrons. The van der Waals surface area contributed by atoms with Gasteiger partial charge in [0, 0.05) is 14.0 Å². The van der Waals surface area contributed by atoms with Crippen molar-refractivity contribution in [1.82, 2.24) is 5.32 Å². The van der Waals surface area contributed by atoms with Crippen molar-refractivity contribution in [3.8, 4) is 0 Å². The minimum absolute atomic E-state index is 0.0503. The normalized spacial score (nSPS) is 12.8. The maximum Gasteiger partial charge on any atom is 0.134 e. The first-order valence-corrected chi connectivity index (χ1v) is 8.23. The molecule has 2 nitrogen and oxygen atoms in total. The molecule has 1 aromatic heterocycles. The van der Waals surface area contributed by atoms with Gasteiger partial charge in [-0.15, -0.1) is 0 Å². The summed E-state index contributed by atoms with van der Waals surface area (Å²) in [6, 6.07) is 13.6. The summed E-state index contributed by atoms with van der Waals surface area (Å²) < 4.78 is 6.97. The number of furan rings is 1. The summed E-state index contributed by atoms with van der Waals surface area (Å²) in [6.45, 7) is 0. The third kappa shape index (κ3) is 3.06. The van der Waals surface area contributed by atoms with E-state index in [-0.39, 0.29) is 6.04 Å². The number of nitrogens with one attached hydrogen (secondary N) is 1. The fourth-order valence-electron chi connectivity index (χ4n) is 2.34. The minimum atomic E-state index is -0.0503. The zero-order valence-electron chi connectivity index (χ0n) is 11.2. The summed E-state index contributed by atoms with van der Waals surface area (Å²) in [5, 5.41) is 5.71. The molecule has 0 amide bonds. The number of hydrogen-bond donors (Lipinski definition) is 1. The van der Waals surface area contributed by atoms with Crippen molar-refractivity contribution in [2.24, 2.45) is 0 Å². The van der Waals surface area contributed by atoms with Crippen molar-refractivity contribution in [1.29, 1.82) is 0 Å². The van der Waals surface area contributed by atoms with Gasteiger partial charge in [0.2, 0.25) is 0 Å². The Morgan fingerprint density at radius 3 is 2.62 bits per heavy atom. The van der Waals surface area contributed by atoms with Crippen LogP contribution in [0.3, 0.4) is 0 Å². The first-order valence-electron chi connectivity index (χ1n) is 6.39. The predicted molar refractivity (Wildman–Crippen MR) is 96.3 cm³/mol. The lowest BCUT2D eigenvalue weighted by atomic mass is 10.0. The lowest BCUT2D eigenvalue weighted by Crippen LogP contribution is -2.17. The second-order valence-electron chi connectivity index (χ2n) is 4.73. The smallest absolute Gasteiger partial charge is 0.134 e. The number of rotatable bonds is 3. The monoisotopic (exact) mass is 431 g/mol. The van der Waals surface area contributed by atoms with Gasteiger partial charge in [-0.3, -0.25) is 0 Å². The molecule has 0 saturated carbocycles. The average Bonchev–Trinajstić information content (AvgIpc) is 2.86. The van der Waals surface area contributed by atoms with Crippen LogP contribution in [0, 0.1) is 3.57 Å². The Labute approximate surface area is 146 Å². The molecular formula is C16H12Cl2INO. The summed E-state index contributed by atoms with van der Waals surface area (Å²) in [5.74, 6) is 0.840. The van der Waals surface area contributed by atoms with Gasteiger partial charge in [-0.1, -0.05) is 29.3 Å². The Hall–Kier alpha value is -0.750. The molecule has 0 radical (unpaired) electrons. The summed E-state index contributed by atoms with van der Waals surface area (Å²) in [7, 11) is 1.90. The van der Waals surface area contributed by atoms with Gasteiger partial charge in [-0.25, -0.2) is 0 Å². The summed E-state index contributed by atoms with van der Waals surface area (Å²) in [5.41, 5.74) is 1.89. The highest BCUT2D eigenvalue weighted by Gasteiger charge is 2.17. The van der Waals surface area contributed by atoms with Crippen LogP contribution in [0.15, 0.2) is 46.9 Å². The van der Waals surface area contributed by atoms with Crippen molar-refractivity contribution in [3.63, 3.8) is 0 Å². The first kappa shape index (κ1) is 15.2. The molecule has 1 unspecified atom stereocenters. The highest BCUT2D eigenvalue weighted by Crippen LogP contribution is 2.31. The minimum Gasteiger partial charge on any atom is -0.459 e. The van der Waals surface area contributed by atoms with Gasteiger partial charge in [0.25, 0.3) is 0 Å². The maximum atomic E-state index is 6.22. The van der Waals surface area contributed by atoms with Gasteiger partial charge in [-0.05, 0) is 71.6 Å². The average molecular weight is 432 g/mol. The van der Waals surface area contributed by atoms with E-state index in [1.807, 2.05) is 43.4 Å². The Bertz CT molecular complexity index is 800. The van der Waals surface area contributed by atoms with E-state index < -0.39 is 0 Å². The molecule has 0 aliphatic heterocycles. The molecule has 5 heteroatoms. The van der Waals surface area contributed by atoms with Crippen molar-refractivity contribution < 1.29 is 4.42 Å². The standard InChI is InChI=1S/C16H12Cl2INO/c1-20-16(9-2-4-13(19)12(18)7-9)15-8-10-6-11(17)3-5-14(10)21-15/h2-8,16,20H,1H3. The van der Waals surface area contributed by atoms with E-state index in [0.717, 1.165) is 30.9 Å². The van der Waals surface area contributed by atoms with Crippen LogP contribution in [0.5, 0.6) is 0 Å². The Morgan fingerprint density at radius 2 is 1.90 bits per heavy atom. The Morgan fingerprint density at radius 1 is 1.10 bits per heavy atom. The van der Waals surface area contributed by atoms with Gasteiger partial charge >= 0.3 is 0 Å². The summed E-state index contributed by atoms with van der Waals surface area (Å²) in [4.78, 5) is 0. The van der Waals surface area contributed by atoms with Gasteiger partial charge in [0.15, 0.2) is 0 Å². The molecular weight excluding hydrogens is 420 g/mol. The molecule has 1 N–H and O–H groups in total. The molecule has 0 spiro atoms. The lowest BCUT2D eigenvalue weighted by Gasteiger charge is -2.14. The van der Waals surface area contributed by atoms with Gasteiger partial charge in [0.05, 0.1) is 11.1 Å². The van der Waals surface area contributed by atoms with Crippen LogP contribution in [-0.4, -0.2) is 7.05 Å². The van der Waals surface area contributed by atoms with Crippen LogP contribution in [0.1, 0.15) is 17.4 Å². The van der Waals surface area contributed by atoms with Gasteiger partial charge < -0.3 is 9.73 Å². The van der Waals surface area contributed by atoms with Crippen LogP contribution in [0.4, 0.5) is 0 Å². The molecule has 3 rings (SSSR count). The highest BCUT2D eigenvalue weighted by molar-refractivity contribution is 14.1. The summed E-state index contributed by atoms with van der Waals surface area (Å²) >= 11 is 14.5.